The lowest BCUT2D eigenvalue weighted by Crippen LogP contribution is -2.11. The molecule has 0 unspecified atom stereocenters. The van der Waals surface area contributed by atoms with Gasteiger partial charge in [0.2, 0.25) is 0 Å². The molecule has 2 aromatic rings. The lowest BCUT2D eigenvalue weighted by Gasteiger charge is -2.06. The van der Waals surface area contributed by atoms with E-state index < -0.39 is 5.97 Å². The molecule has 0 atom stereocenters. The molecule has 0 bridgehead atoms. The summed E-state index contributed by atoms with van der Waals surface area (Å²) in [7, 11) is 1.37. The molecule has 3 heterocycles. The largest absolute Gasteiger partial charge is 0.464 e. The van der Waals surface area contributed by atoms with Crippen LogP contribution < -0.4 is 5.32 Å². The van der Waals surface area contributed by atoms with Crippen LogP contribution in [0.3, 0.4) is 0 Å². The molecular formula is C12H11N3O2S. The zero-order valence-electron chi connectivity index (χ0n) is 9.77. The van der Waals surface area contributed by atoms with Gasteiger partial charge >= 0.3 is 5.97 Å². The van der Waals surface area contributed by atoms with Crippen molar-refractivity contribution < 1.29 is 9.53 Å². The number of hydrogen-bond donors (Lipinski definition) is 1. The van der Waals surface area contributed by atoms with E-state index in [1.54, 1.807) is 11.3 Å². The molecule has 0 spiro atoms. The van der Waals surface area contributed by atoms with Gasteiger partial charge in [0.1, 0.15) is 0 Å². The second-order valence-corrected chi connectivity index (χ2v) is 4.84. The van der Waals surface area contributed by atoms with Crippen molar-refractivity contribution in [3.63, 3.8) is 0 Å². The number of hydrogen-bond acceptors (Lipinski definition) is 6. The van der Waals surface area contributed by atoms with Crippen molar-refractivity contribution in [2.45, 2.75) is 13.1 Å². The molecule has 0 saturated heterocycles. The van der Waals surface area contributed by atoms with Gasteiger partial charge in [0.05, 0.1) is 17.7 Å². The van der Waals surface area contributed by atoms with Crippen molar-refractivity contribution >= 4 is 17.3 Å². The van der Waals surface area contributed by atoms with Crippen molar-refractivity contribution in [1.29, 1.82) is 0 Å². The van der Waals surface area contributed by atoms with Gasteiger partial charge in [-0.2, -0.15) is 0 Å². The molecule has 1 N–H and O–H groups in total. The molecule has 1 aliphatic heterocycles. The molecule has 92 valence electrons. The predicted molar refractivity (Wildman–Crippen MR) is 67.2 cm³/mol. The average molecular weight is 261 g/mol. The second-order valence-electron chi connectivity index (χ2n) is 3.89. The first-order chi connectivity index (χ1) is 8.79. The van der Waals surface area contributed by atoms with Crippen LogP contribution in [0.15, 0.2) is 17.5 Å². The molecule has 0 saturated carbocycles. The molecule has 0 aromatic carbocycles. The van der Waals surface area contributed by atoms with Crippen molar-refractivity contribution in [2.24, 2.45) is 0 Å². The summed E-state index contributed by atoms with van der Waals surface area (Å²) in [5.41, 5.74) is 2.10. The zero-order chi connectivity index (χ0) is 12.5. The van der Waals surface area contributed by atoms with E-state index in [-0.39, 0.29) is 0 Å². The SMILES string of the molecule is COC(=O)c1nc(-c2cccs2)nc2c1CNC2. The minimum absolute atomic E-state index is 0.371. The Hall–Kier alpha value is -1.79. The second kappa shape index (κ2) is 4.47. The minimum Gasteiger partial charge on any atom is -0.464 e. The number of methoxy groups -OCH3 is 1. The molecule has 5 nitrogen and oxygen atoms in total. The molecule has 0 aliphatic carbocycles. The molecule has 6 heteroatoms. The summed E-state index contributed by atoms with van der Waals surface area (Å²) in [6, 6.07) is 3.88. The molecule has 18 heavy (non-hydrogen) atoms. The number of thiophene rings is 1. The van der Waals surface area contributed by atoms with Gasteiger partial charge in [0, 0.05) is 18.7 Å². The van der Waals surface area contributed by atoms with Gasteiger partial charge in [-0.3, -0.25) is 0 Å². The quantitative estimate of drug-likeness (QED) is 0.832. The first-order valence-electron chi connectivity index (χ1n) is 5.52. The van der Waals surface area contributed by atoms with Gasteiger partial charge in [0.15, 0.2) is 11.5 Å². The summed E-state index contributed by atoms with van der Waals surface area (Å²) in [6.07, 6.45) is 0. The fraction of sp³-hybridized carbons (Fsp3) is 0.250. The molecule has 1 aliphatic rings. The Morgan fingerprint density at radius 1 is 1.44 bits per heavy atom. The number of carbonyl (C=O) groups excluding carboxylic acids is 1. The first-order valence-corrected chi connectivity index (χ1v) is 6.40. The smallest absolute Gasteiger partial charge is 0.357 e. The van der Waals surface area contributed by atoms with E-state index in [1.807, 2.05) is 17.5 Å². The van der Waals surface area contributed by atoms with Gasteiger partial charge in [-0.05, 0) is 11.4 Å². The van der Waals surface area contributed by atoms with Crippen LogP contribution in [0.4, 0.5) is 0 Å². The summed E-state index contributed by atoms with van der Waals surface area (Å²) in [5.74, 6) is 0.183. The highest BCUT2D eigenvalue weighted by atomic mass is 32.1. The van der Waals surface area contributed by atoms with Gasteiger partial charge in [-0.15, -0.1) is 11.3 Å². The number of carbonyl (C=O) groups is 1. The standard InChI is InChI=1S/C12H11N3O2S/c1-17-12(16)10-7-5-13-6-8(7)14-11(15-10)9-3-2-4-18-9/h2-4,13H,5-6H2,1H3. The zero-order valence-corrected chi connectivity index (χ0v) is 10.6. The minimum atomic E-state index is -0.407. The van der Waals surface area contributed by atoms with Crippen LogP contribution in [-0.4, -0.2) is 23.0 Å². The van der Waals surface area contributed by atoms with Crippen LogP contribution in [0.2, 0.25) is 0 Å². The summed E-state index contributed by atoms with van der Waals surface area (Å²) in [4.78, 5) is 21.6. The van der Waals surface area contributed by atoms with Gasteiger partial charge in [-0.1, -0.05) is 6.07 Å². The number of esters is 1. The van der Waals surface area contributed by atoms with Gasteiger partial charge < -0.3 is 10.1 Å². The fourth-order valence-electron chi connectivity index (χ4n) is 1.95. The van der Waals surface area contributed by atoms with Crippen molar-refractivity contribution in [3.05, 3.63) is 34.5 Å². The van der Waals surface area contributed by atoms with E-state index in [0.717, 1.165) is 16.1 Å². The third-order valence-corrected chi connectivity index (χ3v) is 3.67. The van der Waals surface area contributed by atoms with Crippen molar-refractivity contribution in [2.75, 3.05) is 7.11 Å². The van der Waals surface area contributed by atoms with E-state index >= 15 is 0 Å². The highest BCUT2D eigenvalue weighted by Crippen LogP contribution is 2.25. The highest BCUT2D eigenvalue weighted by Gasteiger charge is 2.24. The number of ether oxygens (including phenoxy) is 1. The highest BCUT2D eigenvalue weighted by molar-refractivity contribution is 7.13. The molecule has 0 radical (unpaired) electrons. The monoisotopic (exact) mass is 261 g/mol. The Bertz CT molecular complexity index is 596. The topological polar surface area (TPSA) is 64.1 Å². The summed E-state index contributed by atoms with van der Waals surface area (Å²) in [6.45, 7) is 1.28. The van der Waals surface area contributed by atoms with Gasteiger partial charge in [0.25, 0.3) is 0 Å². The van der Waals surface area contributed by atoms with Crippen LogP contribution in [0.25, 0.3) is 10.7 Å². The summed E-state index contributed by atoms with van der Waals surface area (Å²) in [5, 5.41) is 5.13. The Morgan fingerprint density at radius 2 is 2.33 bits per heavy atom. The predicted octanol–water partition coefficient (Wildman–Crippen LogP) is 1.59. The van der Waals surface area contributed by atoms with E-state index in [9.17, 15) is 4.79 Å². The molecule has 0 fully saturated rings. The maximum Gasteiger partial charge on any atom is 0.357 e. The Kier molecular flexibility index (Phi) is 2.81. The van der Waals surface area contributed by atoms with Crippen LogP contribution in [0.5, 0.6) is 0 Å². The first kappa shape index (κ1) is 11.3. The van der Waals surface area contributed by atoms with E-state index in [0.29, 0.717) is 24.6 Å². The summed E-state index contributed by atoms with van der Waals surface area (Å²) >= 11 is 1.55. The van der Waals surface area contributed by atoms with E-state index in [4.69, 9.17) is 4.74 Å². The fourth-order valence-corrected chi connectivity index (χ4v) is 2.61. The molecule has 2 aromatic heterocycles. The van der Waals surface area contributed by atoms with Crippen molar-refractivity contribution in [1.82, 2.24) is 15.3 Å². The number of fused-ring (bicyclic) bond motifs is 1. The maximum atomic E-state index is 11.8. The normalized spacial score (nSPS) is 13.4. The number of aromatic nitrogens is 2. The Morgan fingerprint density at radius 3 is 3.06 bits per heavy atom. The molecular weight excluding hydrogens is 250 g/mol. The third-order valence-electron chi connectivity index (χ3n) is 2.81. The summed E-state index contributed by atoms with van der Waals surface area (Å²) < 4.78 is 4.78. The number of rotatable bonds is 2. The molecule has 3 rings (SSSR count). The van der Waals surface area contributed by atoms with Gasteiger partial charge in [-0.25, -0.2) is 14.8 Å². The average Bonchev–Trinajstić information content (AvgIpc) is 3.06. The van der Waals surface area contributed by atoms with Crippen molar-refractivity contribution in [3.8, 4) is 10.7 Å². The third kappa shape index (κ3) is 1.79. The van der Waals surface area contributed by atoms with E-state index in [1.165, 1.54) is 7.11 Å². The van der Waals surface area contributed by atoms with E-state index in [2.05, 4.69) is 15.3 Å². The lowest BCUT2D eigenvalue weighted by atomic mass is 10.2. The van der Waals surface area contributed by atoms with Crippen LogP contribution >= 0.6 is 11.3 Å². The Labute approximate surface area is 108 Å². The number of nitrogens with one attached hydrogen (secondary N) is 1. The Balaban J connectivity index is 2.16. The van der Waals surface area contributed by atoms with Crippen LogP contribution in [-0.2, 0) is 17.8 Å². The number of nitrogens with zero attached hydrogens (tertiary/aromatic N) is 2. The van der Waals surface area contributed by atoms with Crippen LogP contribution in [0, 0.1) is 0 Å². The van der Waals surface area contributed by atoms with Crippen LogP contribution in [0.1, 0.15) is 21.7 Å². The lowest BCUT2D eigenvalue weighted by molar-refractivity contribution is 0.0592. The molecule has 0 amide bonds. The maximum absolute atomic E-state index is 11.8.